The Bertz CT molecular complexity index is 743. The highest BCUT2D eigenvalue weighted by Crippen LogP contribution is 2.36. The van der Waals surface area contributed by atoms with Crippen LogP contribution in [0.2, 0.25) is 5.02 Å². The summed E-state index contributed by atoms with van der Waals surface area (Å²) >= 11 is 6.85. The van der Waals surface area contributed by atoms with E-state index in [4.69, 9.17) is 11.6 Å². The smallest absolute Gasteiger partial charge is 0.268 e. The Morgan fingerprint density at radius 1 is 1.00 bits per heavy atom. The molecule has 0 saturated carbocycles. The lowest BCUT2D eigenvalue weighted by atomic mass is 10.2. The van der Waals surface area contributed by atoms with Crippen molar-refractivity contribution < 1.29 is 9.59 Å². The van der Waals surface area contributed by atoms with Crippen LogP contribution in [0.1, 0.15) is 5.56 Å². The van der Waals surface area contributed by atoms with E-state index in [0.29, 0.717) is 15.6 Å². The average Bonchev–Trinajstić information content (AvgIpc) is 2.74. The van der Waals surface area contributed by atoms with Gasteiger partial charge in [0.15, 0.2) is 0 Å². The molecule has 2 aromatic rings. The van der Waals surface area contributed by atoms with Crippen LogP contribution in [0, 0.1) is 0 Å². The van der Waals surface area contributed by atoms with Gasteiger partial charge in [-0.3, -0.25) is 9.59 Å². The van der Waals surface area contributed by atoms with Gasteiger partial charge in [0, 0.05) is 5.02 Å². The van der Waals surface area contributed by atoms with Crippen molar-refractivity contribution in [2.45, 2.75) is 0 Å². The molecule has 2 amide bonds. The largest absolute Gasteiger partial charge is 0.298 e. The van der Waals surface area contributed by atoms with E-state index in [-0.39, 0.29) is 11.1 Å². The zero-order chi connectivity index (χ0) is 14.8. The quantitative estimate of drug-likeness (QED) is 0.761. The molecule has 0 radical (unpaired) electrons. The number of rotatable bonds is 2. The number of carbonyl (C=O) groups is 2. The van der Waals surface area contributed by atoms with Crippen molar-refractivity contribution in [2.24, 2.45) is 0 Å². The molecule has 2 aromatic carbocycles. The lowest BCUT2D eigenvalue weighted by Crippen LogP contribution is -2.27. The van der Waals surface area contributed by atoms with Crippen LogP contribution in [0.4, 0.5) is 10.5 Å². The van der Waals surface area contributed by atoms with Gasteiger partial charge in [-0.1, -0.05) is 48.0 Å². The first-order valence-electron chi connectivity index (χ1n) is 6.24. The van der Waals surface area contributed by atoms with Crippen LogP contribution in [-0.4, -0.2) is 11.1 Å². The maximum atomic E-state index is 12.4. The zero-order valence-electron chi connectivity index (χ0n) is 10.8. The summed E-state index contributed by atoms with van der Waals surface area (Å²) < 4.78 is 0. The first kappa shape index (κ1) is 13.9. The summed E-state index contributed by atoms with van der Waals surface area (Å²) in [6, 6.07) is 16.1. The van der Waals surface area contributed by atoms with E-state index >= 15 is 0 Å². The second-order valence-corrected chi connectivity index (χ2v) is 5.84. The van der Waals surface area contributed by atoms with E-state index < -0.39 is 0 Å². The van der Waals surface area contributed by atoms with Crippen LogP contribution in [0.25, 0.3) is 6.08 Å². The Balaban J connectivity index is 1.94. The molecule has 1 saturated heterocycles. The van der Waals surface area contributed by atoms with E-state index in [0.717, 1.165) is 22.2 Å². The maximum absolute atomic E-state index is 12.4. The fourth-order valence-corrected chi connectivity index (χ4v) is 3.03. The van der Waals surface area contributed by atoms with Crippen molar-refractivity contribution in [3.05, 3.63) is 70.1 Å². The number of thioether (sulfide) groups is 1. The van der Waals surface area contributed by atoms with Crippen molar-refractivity contribution in [2.75, 3.05) is 4.90 Å². The second-order valence-electron chi connectivity index (χ2n) is 4.41. The minimum Gasteiger partial charge on any atom is -0.268 e. The van der Waals surface area contributed by atoms with Crippen LogP contribution in [0.15, 0.2) is 59.5 Å². The molecule has 5 heteroatoms. The first-order chi connectivity index (χ1) is 10.1. The van der Waals surface area contributed by atoms with Crippen molar-refractivity contribution >= 4 is 46.3 Å². The lowest BCUT2D eigenvalue weighted by molar-refractivity contribution is -0.113. The maximum Gasteiger partial charge on any atom is 0.298 e. The van der Waals surface area contributed by atoms with E-state index in [1.165, 1.54) is 0 Å². The summed E-state index contributed by atoms with van der Waals surface area (Å²) in [5.74, 6) is -0.323. The lowest BCUT2D eigenvalue weighted by Gasteiger charge is -2.12. The molecule has 0 bridgehead atoms. The number of nitrogens with zero attached hydrogens (tertiary/aromatic N) is 1. The Hall–Kier alpha value is -2.04. The van der Waals surface area contributed by atoms with Gasteiger partial charge in [-0.05, 0) is 41.6 Å². The second kappa shape index (κ2) is 5.76. The van der Waals surface area contributed by atoms with Crippen LogP contribution in [0.3, 0.4) is 0 Å². The molecule has 0 aromatic heterocycles. The van der Waals surface area contributed by atoms with E-state index in [1.807, 2.05) is 30.3 Å². The highest BCUT2D eigenvalue weighted by molar-refractivity contribution is 8.19. The topological polar surface area (TPSA) is 37.4 Å². The molecule has 1 aliphatic heterocycles. The number of anilines is 1. The van der Waals surface area contributed by atoms with Gasteiger partial charge in [-0.2, -0.15) is 0 Å². The van der Waals surface area contributed by atoms with Crippen LogP contribution < -0.4 is 4.90 Å². The monoisotopic (exact) mass is 315 g/mol. The first-order valence-corrected chi connectivity index (χ1v) is 7.43. The van der Waals surface area contributed by atoms with Crippen molar-refractivity contribution in [1.82, 2.24) is 0 Å². The van der Waals surface area contributed by atoms with Gasteiger partial charge in [-0.25, -0.2) is 4.90 Å². The number of halogens is 1. The molecule has 0 aliphatic carbocycles. The zero-order valence-corrected chi connectivity index (χ0v) is 12.4. The predicted molar refractivity (Wildman–Crippen MR) is 86.3 cm³/mol. The summed E-state index contributed by atoms with van der Waals surface area (Å²) in [6.07, 6.45) is 1.72. The summed E-state index contributed by atoms with van der Waals surface area (Å²) in [5, 5.41) is 0.169. The van der Waals surface area contributed by atoms with Crippen molar-refractivity contribution in [3.8, 4) is 0 Å². The Labute approximate surface area is 131 Å². The number of benzene rings is 2. The third-order valence-electron chi connectivity index (χ3n) is 2.96. The summed E-state index contributed by atoms with van der Waals surface area (Å²) in [4.78, 5) is 26.0. The Morgan fingerprint density at radius 3 is 2.48 bits per heavy atom. The van der Waals surface area contributed by atoms with E-state index in [9.17, 15) is 9.59 Å². The van der Waals surface area contributed by atoms with Gasteiger partial charge in [0.2, 0.25) is 0 Å². The van der Waals surface area contributed by atoms with Gasteiger partial charge in [0.05, 0.1) is 10.6 Å². The average molecular weight is 316 g/mol. The summed E-state index contributed by atoms with van der Waals surface area (Å²) in [6.45, 7) is 0. The van der Waals surface area contributed by atoms with Crippen LogP contribution in [-0.2, 0) is 4.79 Å². The molecule has 3 nitrogen and oxygen atoms in total. The molecule has 1 fully saturated rings. The molecule has 1 heterocycles. The molecule has 0 spiro atoms. The van der Waals surface area contributed by atoms with Crippen molar-refractivity contribution in [1.29, 1.82) is 0 Å². The molecule has 0 unspecified atom stereocenters. The molecule has 104 valence electrons. The normalized spacial score (nSPS) is 16.8. The fraction of sp³-hybridized carbons (Fsp3) is 0. The van der Waals surface area contributed by atoms with Gasteiger partial charge in [-0.15, -0.1) is 0 Å². The predicted octanol–water partition coefficient (Wildman–Crippen LogP) is 4.58. The SMILES string of the molecule is O=C1S/C(=C\c2ccccc2)C(=O)N1c1cccc(Cl)c1. The minimum atomic E-state index is -0.323. The molecule has 21 heavy (non-hydrogen) atoms. The Kier molecular flexibility index (Phi) is 3.82. The number of hydrogen-bond acceptors (Lipinski definition) is 3. The minimum absolute atomic E-state index is 0.315. The van der Waals surface area contributed by atoms with Crippen LogP contribution in [0.5, 0.6) is 0 Å². The summed E-state index contributed by atoms with van der Waals surface area (Å²) in [7, 11) is 0. The van der Waals surface area contributed by atoms with Gasteiger partial charge in [0.1, 0.15) is 0 Å². The number of amides is 2. The highest BCUT2D eigenvalue weighted by atomic mass is 35.5. The molecule has 1 aliphatic rings. The van der Waals surface area contributed by atoms with Gasteiger partial charge >= 0.3 is 0 Å². The standard InChI is InChI=1S/C16H10ClNO2S/c17-12-7-4-8-13(10-12)18-15(19)14(21-16(18)20)9-11-5-2-1-3-6-11/h1-10H/b14-9-. The fourth-order valence-electron chi connectivity index (χ4n) is 2.01. The summed E-state index contributed by atoms with van der Waals surface area (Å²) in [5.41, 5.74) is 1.37. The third kappa shape index (κ3) is 2.86. The van der Waals surface area contributed by atoms with Gasteiger partial charge < -0.3 is 0 Å². The highest BCUT2D eigenvalue weighted by Gasteiger charge is 2.36. The van der Waals surface area contributed by atoms with E-state index in [2.05, 4.69) is 0 Å². The molecule has 3 rings (SSSR count). The van der Waals surface area contributed by atoms with E-state index in [1.54, 1.807) is 30.3 Å². The van der Waals surface area contributed by atoms with Gasteiger partial charge in [0.25, 0.3) is 11.1 Å². The Morgan fingerprint density at radius 2 is 1.76 bits per heavy atom. The molecular formula is C16H10ClNO2S. The molecule has 0 atom stereocenters. The number of carbonyl (C=O) groups excluding carboxylic acids is 2. The van der Waals surface area contributed by atoms with Crippen molar-refractivity contribution in [3.63, 3.8) is 0 Å². The molecular weight excluding hydrogens is 306 g/mol. The number of hydrogen-bond donors (Lipinski definition) is 0. The third-order valence-corrected chi connectivity index (χ3v) is 4.06. The molecule has 0 N–H and O–H groups in total. The van der Waals surface area contributed by atoms with Crippen LogP contribution >= 0.6 is 23.4 Å². The number of imide groups is 1.